The summed E-state index contributed by atoms with van der Waals surface area (Å²) in [5.74, 6) is 6.97. The van der Waals surface area contributed by atoms with Crippen LogP contribution in [-0.4, -0.2) is 28.7 Å². The molecule has 1 aliphatic rings. The standard InChI is InChI=1S/C12H21N5O/c1-3-9-11(14-7-15-12(9)17-13)16-8(2)10-5-4-6-18-10/h7-8,10H,3-6,13H2,1-2H3,(H2,14,15,16,17). The van der Waals surface area contributed by atoms with Gasteiger partial charge in [0.1, 0.15) is 18.0 Å². The predicted octanol–water partition coefficient (Wildman–Crippen LogP) is 1.30. The number of aromatic nitrogens is 2. The maximum atomic E-state index is 5.67. The molecule has 0 spiro atoms. The summed E-state index contributed by atoms with van der Waals surface area (Å²) in [7, 11) is 0. The minimum Gasteiger partial charge on any atom is -0.376 e. The molecule has 6 nitrogen and oxygen atoms in total. The molecule has 4 N–H and O–H groups in total. The zero-order valence-electron chi connectivity index (χ0n) is 10.9. The third-order valence-corrected chi connectivity index (χ3v) is 3.32. The molecular formula is C12H21N5O. The molecule has 0 aromatic carbocycles. The predicted molar refractivity (Wildman–Crippen MR) is 71.3 cm³/mol. The van der Waals surface area contributed by atoms with Gasteiger partial charge in [0.15, 0.2) is 0 Å². The van der Waals surface area contributed by atoms with Crippen LogP contribution in [0.15, 0.2) is 6.33 Å². The lowest BCUT2D eigenvalue weighted by molar-refractivity contribution is 0.0995. The summed E-state index contributed by atoms with van der Waals surface area (Å²) in [6, 6.07) is 0.235. The van der Waals surface area contributed by atoms with Crippen LogP contribution in [-0.2, 0) is 11.2 Å². The van der Waals surface area contributed by atoms with Gasteiger partial charge < -0.3 is 15.5 Å². The molecule has 0 radical (unpaired) electrons. The number of nitrogens with one attached hydrogen (secondary N) is 2. The molecule has 100 valence electrons. The highest BCUT2D eigenvalue weighted by molar-refractivity contribution is 5.57. The second-order valence-electron chi connectivity index (χ2n) is 4.53. The van der Waals surface area contributed by atoms with E-state index in [1.807, 2.05) is 0 Å². The van der Waals surface area contributed by atoms with Crippen molar-refractivity contribution in [1.82, 2.24) is 9.97 Å². The van der Waals surface area contributed by atoms with Crippen LogP contribution in [0.1, 0.15) is 32.3 Å². The van der Waals surface area contributed by atoms with Gasteiger partial charge in [-0.1, -0.05) is 6.92 Å². The molecule has 0 saturated carbocycles. The van der Waals surface area contributed by atoms with Gasteiger partial charge in [-0.3, -0.25) is 0 Å². The van der Waals surface area contributed by atoms with Crippen molar-refractivity contribution in [2.45, 2.75) is 45.3 Å². The van der Waals surface area contributed by atoms with Gasteiger partial charge in [0, 0.05) is 12.2 Å². The van der Waals surface area contributed by atoms with Crippen LogP contribution < -0.4 is 16.6 Å². The fourth-order valence-electron chi connectivity index (χ4n) is 2.30. The van der Waals surface area contributed by atoms with Crippen molar-refractivity contribution in [3.63, 3.8) is 0 Å². The topological polar surface area (TPSA) is 85.1 Å². The van der Waals surface area contributed by atoms with Crippen molar-refractivity contribution in [3.05, 3.63) is 11.9 Å². The van der Waals surface area contributed by atoms with Crippen LogP contribution in [0.3, 0.4) is 0 Å². The van der Waals surface area contributed by atoms with Crippen molar-refractivity contribution in [3.8, 4) is 0 Å². The van der Waals surface area contributed by atoms with E-state index in [0.29, 0.717) is 5.82 Å². The SMILES string of the molecule is CCc1c(NN)ncnc1NC(C)C1CCCO1. The van der Waals surface area contributed by atoms with Crippen molar-refractivity contribution >= 4 is 11.6 Å². The number of rotatable bonds is 5. The average molecular weight is 251 g/mol. The third kappa shape index (κ3) is 2.70. The molecule has 18 heavy (non-hydrogen) atoms. The molecule has 0 aliphatic carbocycles. The first-order chi connectivity index (χ1) is 8.76. The minimum absolute atomic E-state index is 0.235. The van der Waals surface area contributed by atoms with Crippen LogP contribution in [0.25, 0.3) is 0 Å². The van der Waals surface area contributed by atoms with Gasteiger partial charge >= 0.3 is 0 Å². The summed E-state index contributed by atoms with van der Waals surface area (Å²) in [6.07, 6.45) is 4.83. The third-order valence-electron chi connectivity index (χ3n) is 3.32. The first-order valence-corrected chi connectivity index (χ1v) is 6.44. The maximum Gasteiger partial charge on any atom is 0.148 e. The zero-order chi connectivity index (χ0) is 13.0. The van der Waals surface area contributed by atoms with Crippen molar-refractivity contribution < 1.29 is 4.74 Å². The molecule has 2 atom stereocenters. The number of ether oxygens (including phenoxy) is 1. The van der Waals surface area contributed by atoms with E-state index >= 15 is 0 Å². The van der Waals surface area contributed by atoms with E-state index in [9.17, 15) is 0 Å². The summed E-state index contributed by atoms with van der Waals surface area (Å²) in [5.41, 5.74) is 3.61. The molecule has 2 unspecified atom stereocenters. The molecule has 1 fully saturated rings. The second kappa shape index (κ2) is 5.97. The normalized spacial score (nSPS) is 20.7. The maximum absolute atomic E-state index is 5.67. The smallest absolute Gasteiger partial charge is 0.148 e. The lowest BCUT2D eigenvalue weighted by atomic mass is 10.1. The highest BCUT2D eigenvalue weighted by Gasteiger charge is 2.23. The van der Waals surface area contributed by atoms with Gasteiger partial charge in [-0.05, 0) is 26.2 Å². The average Bonchev–Trinajstić information content (AvgIpc) is 2.92. The first kappa shape index (κ1) is 13.0. The molecular weight excluding hydrogens is 230 g/mol. The van der Waals surface area contributed by atoms with Crippen LogP contribution in [0.5, 0.6) is 0 Å². The number of nitrogens with two attached hydrogens (primary N) is 1. The molecule has 1 saturated heterocycles. The summed E-state index contributed by atoms with van der Waals surface area (Å²) in [5, 5.41) is 3.41. The largest absolute Gasteiger partial charge is 0.376 e. The Morgan fingerprint density at radius 2 is 2.28 bits per heavy atom. The van der Waals surface area contributed by atoms with Gasteiger partial charge in [0.25, 0.3) is 0 Å². The van der Waals surface area contributed by atoms with Crippen LogP contribution in [0.4, 0.5) is 11.6 Å². The van der Waals surface area contributed by atoms with E-state index in [-0.39, 0.29) is 12.1 Å². The Labute approximate surface area is 107 Å². The second-order valence-corrected chi connectivity index (χ2v) is 4.53. The summed E-state index contributed by atoms with van der Waals surface area (Å²) in [6.45, 7) is 5.03. The Hall–Kier alpha value is -1.40. The molecule has 0 amide bonds. The quantitative estimate of drug-likeness (QED) is 0.540. The number of nitrogens with zero attached hydrogens (tertiary/aromatic N) is 2. The van der Waals surface area contributed by atoms with Gasteiger partial charge in [-0.25, -0.2) is 15.8 Å². The molecule has 1 aliphatic heterocycles. The molecule has 6 heteroatoms. The number of nitrogen functional groups attached to an aromatic ring is 1. The molecule has 2 heterocycles. The van der Waals surface area contributed by atoms with Crippen molar-refractivity contribution in [1.29, 1.82) is 0 Å². The van der Waals surface area contributed by atoms with Crippen LogP contribution in [0, 0.1) is 0 Å². The van der Waals surface area contributed by atoms with Crippen molar-refractivity contribution in [2.24, 2.45) is 5.84 Å². The van der Waals surface area contributed by atoms with E-state index in [0.717, 1.165) is 37.3 Å². The van der Waals surface area contributed by atoms with E-state index in [2.05, 4.69) is 34.6 Å². The number of anilines is 2. The lowest BCUT2D eigenvalue weighted by Gasteiger charge is -2.22. The fraction of sp³-hybridized carbons (Fsp3) is 0.667. The number of hydrogen-bond donors (Lipinski definition) is 3. The van der Waals surface area contributed by atoms with Gasteiger partial charge in [0.2, 0.25) is 0 Å². The highest BCUT2D eigenvalue weighted by atomic mass is 16.5. The van der Waals surface area contributed by atoms with Crippen LogP contribution >= 0.6 is 0 Å². The number of hydrazine groups is 1. The number of hydrogen-bond acceptors (Lipinski definition) is 6. The molecule has 2 rings (SSSR count). The first-order valence-electron chi connectivity index (χ1n) is 6.44. The summed E-state index contributed by atoms with van der Waals surface area (Å²) in [4.78, 5) is 8.41. The van der Waals surface area contributed by atoms with E-state index in [1.165, 1.54) is 6.33 Å². The monoisotopic (exact) mass is 251 g/mol. The Morgan fingerprint density at radius 1 is 1.50 bits per heavy atom. The van der Waals surface area contributed by atoms with Gasteiger partial charge in [-0.2, -0.15) is 0 Å². The fourth-order valence-corrected chi connectivity index (χ4v) is 2.30. The van der Waals surface area contributed by atoms with E-state index in [4.69, 9.17) is 10.6 Å². The van der Waals surface area contributed by atoms with Crippen LogP contribution in [0.2, 0.25) is 0 Å². The Kier molecular flexibility index (Phi) is 4.33. The van der Waals surface area contributed by atoms with Gasteiger partial charge in [-0.15, -0.1) is 0 Å². The molecule has 0 bridgehead atoms. The highest BCUT2D eigenvalue weighted by Crippen LogP contribution is 2.23. The Bertz CT molecular complexity index is 392. The summed E-state index contributed by atoms with van der Waals surface area (Å²) >= 11 is 0. The summed E-state index contributed by atoms with van der Waals surface area (Å²) < 4.78 is 5.67. The van der Waals surface area contributed by atoms with Gasteiger partial charge in [0.05, 0.1) is 12.1 Å². The zero-order valence-corrected chi connectivity index (χ0v) is 10.9. The molecule has 1 aromatic rings. The van der Waals surface area contributed by atoms with E-state index < -0.39 is 0 Å². The molecule has 1 aromatic heterocycles. The lowest BCUT2D eigenvalue weighted by Crippen LogP contribution is -2.31. The van der Waals surface area contributed by atoms with E-state index in [1.54, 1.807) is 0 Å². The minimum atomic E-state index is 0.235. The Balaban J connectivity index is 2.12. The van der Waals surface area contributed by atoms with Crippen molar-refractivity contribution in [2.75, 3.05) is 17.3 Å². The Morgan fingerprint density at radius 3 is 2.89 bits per heavy atom.